The van der Waals surface area contributed by atoms with Crippen LogP contribution < -0.4 is 5.32 Å². The Bertz CT molecular complexity index is 1180. The van der Waals surface area contributed by atoms with Gasteiger partial charge in [-0.2, -0.15) is 10.2 Å². The highest BCUT2D eigenvalue weighted by Gasteiger charge is 2.19. The molecule has 1 amide bonds. The molecule has 3 aromatic heterocycles. The molecule has 0 aliphatic heterocycles. The van der Waals surface area contributed by atoms with Gasteiger partial charge in [-0.3, -0.25) is 14.6 Å². The molecule has 0 spiro atoms. The third-order valence-corrected chi connectivity index (χ3v) is 4.68. The van der Waals surface area contributed by atoms with Crippen molar-refractivity contribution in [2.45, 2.75) is 34.2 Å². The number of aromatic amines is 1. The van der Waals surface area contributed by atoms with E-state index in [1.165, 1.54) is 0 Å². The highest BCUT2D eigenvalue weighted by molar-refractivity contribution is 6.06. The van der Waals surface area contributed by atoms with E-state index in [4.69, 9.17) is 4.52 Å². The van der Waals surface area contributed by atoms with Gasteiger partial charge in [-0.05, 0) is 45.4 Å². The highest BCUT2D eigenvalue weighted by atomic mass is 16.5. The maximum Gasteiger partial charge on any atom is 0.277 e. The SMILES string of the molecule is CCn1cc(-c2cc(C(=O)Nc3c(C)cc(C)cc3-c3cc(C)[nH]n3)no2)cn1. The van der Waals surface area contributed by atoms with Crippen molar-refractivity contribution in [3.63, 3.8) is 0 Å². The molecule has 2 N–H and O–H groups in total. The minimum Gasteiger partial charge on any atom is -0.355 e. The van der Waals surface area contributed by atoms with Crippen LogP contribution in [0.5, 0.6) is 0 Å². The van der Waals surface area contributed by atoms with Gasteiger partial charge in [-0.25, -0.2) is 0 Å². The van der Waals surface area contributed by atoms with Gasteiger partial charge in [0, 0.05) is 30.1 Å². The lowest BCUT2D eigenvalue weighted by molar-refractivity contribution is 0.101. The lowest BCUT2D eigenvalue weighted by atomic mass is 10.0. The Morgan fingerprint density at radius 3 is 2.72 bits per heavy atom. The second kappa shape index (κ2) is 7.38. The number of carbonyl (C=O) groups is 1. The van der Waals surface area contributed by atoms with Gasteiger partial charge in [0.1, 0.15) is 0 Å². The zero-order valence-corrected chi connectivity index (χ0v) is 16.8. The topological polar surface area (TPSA) is 102 Å². The third-order valence-electron chi connectivity index (χ3n) is 4.68. The predicted molar refractivity (Wildman–Crippen MR) is 110 cm³/mol. The van der Waals surface area contributed by atoms with Gasteiger partial charge in [-0.15, -0.1) is 0 Å². The zero-order valence-electron chi connectivity index (χ0n) is 16.8. The van der Waals surface area contributed by atoms with Crippen molar-refractivity contribution in [1.29, 1.82) is 0 Å². The fraction of sp³-hybridized carbons (Fsp3) is 0.238. The molecule has 0 radical (unpaired) electrons. The summed E-state index contributed by atoms with van der Waals surface area (Å²) in [5.74, 6) is 0.155. The number of hydrogen-bond donors (Lipinski definition) is 2. The molecule has 29 heavy (non-hydrogen) atoms. The first-order chi connectivity index (χ1) is 13.9. The number of H-pyrrole nitrogens is 1. The summed E-state index contributed by atoms with van der Waals surface area (Å²) in [6.07, 6.45) is 3.54. The van der Waals surface area contributed by atoms with Gasteiger partial charge in [0.2, 0.25) is 0 Å². The second-order valence-electron chi connectivity index (χ2n) is 7.06. The zero-order chi connectivity index (χ0) is 20.5. The van der Waals surface area contributed by atoms with E-state index in [1.54, 1.807) is 16.9 Å². The largest absolute Gasteiger partial charge is 0.355 e. The molecule has 0 unspecified atom stereocenters. The van der Waals surface area contributed by atoms with Crippen LogP contribution in [-0.2, 0) is 6.54 Å². The molecule has 0 bridgehead atoms. The standard InChI is InChI=1S/C21H22N6O2/c1-5-27-11-15(10-22-27)19-9-18(26-29-19)21(28)23-20-13(3)6-12(2)7-16(20)17-8-14(4)24-25-17/h6-11H,5H2,1-4H3,(H,23,28)(H,24,25). The van der Waals surface area contributed by atoms with E-state index in [9.17, 15) is 4.79 Å². The van der Waals surface area contributed by atoms with Crippen molar-refractivity contribution in [3.8, 4) is 22.6 Å². The molecule has 0 atom stereocenters. The van der Waals surface area contributed by atoms with Crippen LogP contribution in [0.15, 0.2) is 41.2 Å². The summed E-state index contributed by atoms with van der Waals surface area (Å²) < 4.78 is 7.14. The van der Waals surface area contributed by atoms with Gasteiger partial charge in [0.15, 0.2) is 11.5 Å². The number of carbonyl (C=O) groups excluding carboxylic acids is 1. The summed E-state index contributed by atoms with van der Waals surface area (Å²) in [6.45, 7) is 8.66. The molecule has 148 valence electrons. The number of hydrogen-bond acceptors (Lipinski definition) is 5. The Balaban J connectivity index is 1.64. The molecular formula is C21H22N6O2. The number of benzene rings is 1. The molecule has 0 aliphatic rings. The Labute approximate surface area is 167 Å². The molecule has 0 saturated heterocycles. The second-order valence-corrected chi connectivity index (χ2v) is 7.06. The summed E-state index contributed by atoms with van der Waals surface area (Å²) in [4.78, 5) is 12.9. The highest BCUT2D eigenvalue weighted by Crippen LogP contribution is 2.32. The lowest BCUT2D eigenvalue weighted by Gasteiger charge is -2.13. The van der Waals surface area contributed by atoms with Crippen LogP contribution in [0.25, 0.3) is 22.6 Å². The van der Waals surface area contributed by atoms with E-state index in [1.807, 2.05) is 52.1 Å². The van der Waals surface area contributed by atoms with Gasteiger partial charge in [-0.1, -0.05) is 16.8 Å². The summed E-state index contributed by atoms with van der Waals surface area (Å²) in [5, 5.41) is 18.4. The van der Waals surface area contributed by atoms with Crippen LogP contribution in [0.3, 0.4) is 0 Å². The summed E-state index contributed by atoms with van der Waals surface area (Å²) >= 11 is 0. The molecule has 1 aromatic carbocycles. The molecule has 0 fully saturated rings. The van der Waals surface area contributed by atoms with E-state index in [2.05, 4.69) is 25.8 Å². The normalized spacial score (nSPS) is 11.0. The van der Waals surface area contributed by atoms with E-state index in [0.29, 0.717) is 11.4 Å². The van der Waals surface area contributed by atoms with Gasteiger partial charge in [0.25, 0.3) is 5.91 Å². The molecule has 0 saturated carbocycles. The minimum absolute atomic E-state index is 0.202. The van der Waals surface area contributed by atoms with Gasteiger partial charge < -0.3 is 9.84 Å². The van der Waals surface area contributed by atoms with E-state index in [-0.39, 0.29) is 11.6 Å². The van der Waals surface area contributed by atoms with Crippen LogP contribution in [0.1, 0.15) is 34.2 Å². The van der Waals surface area contributed by atoms with Crippen molar-refractivity contribution < 1.29 is 9.32 Å². The van der Waals surface area contributed by atoms with E-state index >= 15 is 0 Å². The summed E-state index contributed by atoms with van der Waals surface area (Å²) in [6, 6.07) is 7.59. The van der Waals surface area contributed by atoms with Crippen LogP contribution in [0, 0.1) is 20.8 Å². The number of rotatable bonds is 5. The predicted octanol–water partition coefficient (Wildman–Crippen LogP) is 4.13. The average Bonchev–Trinajstić information content (AvgIpc) is 3.42. The summed E-state index contributed by atoms with van der Waals surface area (Å²) in [7, 11) is 0. The van der Waals surface area contributed by atoms with Gasteiger partial charge in [0.05, 0.1) is 23.1 Å². The maximum atomic E-state index is 12.9. The van der Waals surface area contributed by atoms with Crippen molar-refractivity contribution in [1.82, 2.24) is 25.1 Å². The molecule has 4 aromatic rings. The lowest BCUT2D eigenvalue weighted by Crippen LogP contribution is -2.14. The monoisotopic (exact) mass is 390 g/mol. The van der Waals surface area contributed by atoms with Crippen LogP contribution in [0.2, 0.25) is 0 Å². The number of nitrogens with one attached hydrogen (secondary N) is 2. The van der Waals surface area contributed by atoms with Crippen molar-refractivity contribution in [3.05, 3.63) is 59.2 Å². The Morgan fingerprint density at radius 2 is 2.03 bits per heavy atom. The minimum atomic E-state index is -0.344. The number of nitrogens with zero attached hydrogens (tertiary/aromatic N) is 4. The van der Waals surface area contributed by atoms with Gasteiger partial charge >= 0.3 is 0 Å². The molecule has 4 rings (SSSR count). The number of anilines is 1. The fourth-order valence-electron chi connectivity index (χ4n) is 3.25. The summed E-state index contributed by atoms with van der Waals surface area (Å²) in [5.41, 5.74) is 6.30. The van der Waals surface area contributed by atoms with Crippen LogP contribution in [-0.4, -0.2) is 31.0 Å². The van der Waals surface area contributed by atoms with Crippen molar-refractivity contribution in [2.75, 3.05) is 5.32 Å². The fourth-order valence-corrected chi connectivity index (χ4v) is 3.25. The Hall–Kier alpha value is -3.68. The van der Waals surface area contributed by atoms with Crippen molar-refractivity contribution in [2.24, 2.45) is 0 Å². The first kappa shape index (κ1) is 18.7. The number of amides is 1. The van der Waals surface area contributed by atoms with Crippen molar-refractivity contribution >= 4 is 11.6 Å². The van der Waals surface area contributed by atoms with Crippen LogP contribution >= 0.6 is 0 Å². The quantitative estimate of drug-likeness (QED) is 0.534. The Kier molecular flexibility index (Phi) is 4.75. The first-order valence-corrected chi connectivity index (χ1v) is 9.39. The average molecular weight is 390 g/mol. The molecular weight excluding hydrogens is 368 g/mol. The van der Waals surface area contributed by atoms with E-state index in [0.717, 1.165) is 40.2 Å². The smallest absolute Gasteiger partial charge is 0.277 e. The molecule has 3 heterocycles. The van der Waals surface area contributed by atoms with E-state index < -0.39 is 0 Å². The number of aryl methyl sites for hydroxylation is 4. The Morgan fingerprint density at radius 1 is 1.21 bits per heavy atom. The molecule has 8 nitrogen and oxygen atoms in total. The first-order valence-electron chi connectivity index (χ1n) is 9.39. The maximum absolute atomic E-state index is 12.9. The third kappa shape index (κ3) is 3.69. The van der Waals surface area contributed by atoms with Crippen LogP contribution in [0.4, 0.5) is 5.69 Å². The molecule has 8 heteroatoms. The molecule has 0 aliphatic carbocycles. The number of aromatic nitrogens is 5.